The van der Waals surface area contributed by atoms with Crippen molar-refractivity contribution < 1.29 is 9.90 Å². The Morgan fingerprint density at radius 1 is 1.35 bits per heavy atom. The molecule has 0 aromatic carbocycles. The van der Waals surface area contributed by atoms with Gasteiger partial charge in [0.15, 0.2) is 0 Å². The first-order valence-corrected chi connectivity index (χ1v) is 6.12. The van der Waals surface area contributed by atoms with Gasteiger partial charge in [-0.1, -0.05) is 12.8 Å². The van der Waals surface area contributed by atoms with Crippen LogP contribution >= 0.6 is 0 Å². The minimum Gasteiger partial charge on any atom is -0.391 e. The number of pyridine rings is 1. The number of aliphatic hydroxyl groups is 1. The van der Waals surface area contributed by atoms with Crippen LogP contribution in [0.5, 0.6) is 0 Å². The van der Waals surface area contributed by atoms with E-state index < -0.39 is 0 Å². The highest BCUT2D eigenvalue weighted by atomic mass is 16.3. The number of hydrogen-bond acceptors (Lipinski definition) is 3. The van der Waals surface area contributed by atoms with Crippen LogP contribution in [0.2, 0.25) is 0 Å². The molecule has 4 heteroatoms. The van der Waals surface area contributed by atoms with Crippen LogP contribution in [0.3, 0.4) is 0 Å². The lowest BCUT2D eigenvalue weighted by molar-refractivity contribution is -0.122. The highest BCUT2D eigenvalue weighted by Gasteiger charge is 2.24. The summed E-state index contributed by atoms with van der Waals surface area (Å²) in [6.45, 7) is 0. The first kappa shape index (κ1) is 12.0. The second kappa shape index (κ2) is 5.77. The molecule has 92 valence electrons. The predicted octanol–water partition coefficient (Wildman–Crippen LogP) is 1.04. The molecule has 0 aliphatic heterocycles. The summed E-state index contributed by atoms with van der Waals surface area (Å²) in [6.07, 6.45) is 7.13. The largest absolute Gasteiger partial charge is 0.391 e. The molecular formula is C13H18N2O2. The number of rotatable bonds is 3. The van der Waals surface area contributed by atoms with Gasteiger partial charge in [0.1, 0.15) is 0 Å². The van der Waals surface area contributed by atoms with Crippen molar-refractivity contribution in [1.82, 2.24) is 10.3 Å². The lowest BCUT2D eigenvalue weighted by atomic mass is 9.92. The summed E-state index contributed by atoms with van der Waals surface area (Å²) in [5, 5.41) is 12.7. The fraction of sp³-hybridized carbons (Fsp3) is 0.538. The Hall–Kier alpha value is -1.42. The Kier molecular flexibility index (Phi) is 4.09. The number of aromatic nitrogens is 1. The number of aliphatic hydroxyl groups excluding tert-OH is 1. The van der Waals surface area contributed by atoms with Crippen molar-refractivity contribution in [3.05, 3.63) is 30.1 Å². The Morgan fingerprint density at radius 3 is 2.76 bits per heavy atom. The van der Waals surface area contributed by atoms with Gasteiger partial charge in [0.05, 0.1) is 18.6 Å². The smallest absolute Gasteiger partial charge is 0.224 e. The lowest BCUT2D eigenvalue weighted by Gasteiger charge is -2.28. The maximum Gasteiger partial charge on any atom is 0.224 e. The molecule has 1 aromatic rings. The summed E-state index contributed by atoms with van der Waals surface area (Å²) >= 11 is 0. The molecule has 17 heavy (non-hydrogen) atoms. The molecule has 1 aliphatic rings. The van der Waals surface area contributed by atoms with Crippen molar-refractivity contribution in [1.29, 1.82) is 0 Å². The fourth-order valence-electron chi connectivity index (χ4n) is 2.22. The van der Waals surface area contributed by atoms with E-state index in [2.05, 4.69) is 10.3 Å². The SMILES string of the molecule is O=C(Cc1ccncc1)N[C@@H]1CCCC[C@H]1O. The number of amides is 1. The fourth-order valence-corrected chi connectivity index (χ4v) is 2.22. The van der Waals surface area contributed by atoms with E-state index >= 15 is 0 Å². The van der Waals surface area contributed by atoms with Gasteiger partial charge in [-0.3, -0.25) is 9.78 Å². The quantitative estimate of drug-likeness (QED) is 0.821. The Labute approximate surface area is 101 Å². The van der Waals surface area contributed by atoms with Crippen molar-refractivity contribution in [2.45, 2.75) is 44.2 Å². The second-order valence-electron chi connectivity index (χ2n) is 4.56. The van der Waals surface area contributed by atoms with E-state index in [1.807, 2.05) is 12.1 Å². The summed E-state index contributed by atoms with van der Waals surface area (Å²) in [5.41, 5.74) is 0.947. The van der Waals surface area contributed by atoms with E-state index in [1.165, 1.54) is 0 Å². The van der Waals surface area contributed by atoms with Gasteiger partial charge in [-0.2, -0.15) is 0 Å². The third-order valence-electron chi connectivity index (χ3n) is 3.19. The molecule has 1 aromatic heterocycles. The summed E-state index contributed by atoms with van der Waals surface area (Å²) in [4.78, 5) is 15.7. The first-order chi connectivity index (χ1) is 8.25. The van der Waals surface area contributed by atoms with Gasteiger partial charge in [-0.25, -0.2) is 0 Å². The molecule has 1 heterocycles. The zero-order chi connectivity index (χ0) is 12.1. The minimum absolute atomic E-state index is 0.0258. The van der Waals surface area contributed by atoms with Crippen molar-refractivity contribution in [2.75, 3.05) is 0 Å². The zero-order valence-corrected chi connectivity index (χ0v) is 9.80. The standard InChI is InChI=1S/C13H18N2O2/c16-12-4-2-1-3-11(12)15-13(17)9-10-5-7-14-8-6-10/h5-8,11-12,16H,1-4,9H2,(H,15,17)/t11-,12-/m1/s1. The van der Waals surface area contributed by atoms with E-state index in [1.54, 1.807) is 12.4 Å². The zero-order valence-electron chi connectivity index (χ0n) is 9.80. The highest BCUT2D eigenvalue weighted by molar-refractivity contribution is 5.78. The molecule has 0 saturated heterocycles. The Bertz CT molecular complexity index is 367. The second-order valence-corrected chi connectivity index (χ2v) is 4.56. The monoisotopic (exact) mass is 234 g/mol. The molecule has 4 nitrogen and oxygen atoms in total. The molecule has 0 bridgehead atoms. The Balaban J connectivity index is 1.84. The topological polar surface area (TPSA) is 62.2 Å². The third-order valence-corrected chi connectivity index (χ3v) is 3.19. The van der Waals surface area contributed by atoms with E-state index in [0.717, 1.165) is 31.2 Å². The van der Waals surface area contributed by atoms with Crippen LogP contribution in [0.1, 0.15) is 31.2 Å². The maximum atomic E-state index is 11.8. The van der Waals surface area contributed by atoms with Crippen LogP contribution in [0.25, 0.3) is 0 Å². The molecule has 1 fully saturated rings. The van der Waals surface area contributed by atoms with Crippen LogP contribution in [0.4, 0.5) is 0 Å². The van der Waals surface area contributed by atoms with Crippen molar-refractivity contribution in [2.24, 2.45) is 0 Å². The number of carbonyl (C=O) groups excluding carboxylic acids is 1. The van der Waals surface area contributed by atoms with Gasteiger partial charge in [0.25, 0.3) is 0 Å². The van der Waals surface area contributed by atoms with Gasteiger partial charge >= 0.3 is 0 Å². The molecule has 0 unspecified atom stereocenters. The number of carbonyl (C=O) groups is 1. The average Bonchev–Trinajstić information content (AvgIpc) is 2.33. The minimum atomic E-state index is -0.384. The molecule has 2 atom stereocenters. The normalized spacial score (nSPS) is 24.3. The van der Waals surface area contributed by atoms with Gasteiger partial charge in [-0.15, -0.1) is 0 Å². The van der Waals surface area contributed by atoms with E-state index in [9.17, 15) is 9.90 Å². The van der Waals surface area contributed by atoms with Gasteiger partial charge in [0.2, 0.25) is 5.91 Å². The van der Waals surface area contributed by atoms with Gasteiger partial charge < -0.3 is 10.4 Å². The van der Waals surface area contributed by atoms with Gasteiger partial charge in [0, 0.05) is 12.4 Å². The number of nitrogens with zero attached hydrogens (tertiary/aromatic N) is 1. The summed E-state index contributed by atoms with van der Waals surface area (Å²) in [5.74, 6) is -0.0258. The summed E-state index contributed by atoms with van der Waals surface area (Å²) < 4.78 is 0. The Morgan fingerprint density at radius 2 is 2.06 bits per heavy atom. The lowest BCUT2D eigenvalue weighted by Crippen LogP contribution is -2.45. The molecule has 0 spiro atoms. The third kappa shape index (κ3) is 3.53. The molecule has 1 amide bonds. The van der Waals surface area contributed by atoms with Crippen LogP contribution in [-0.4, -0.2) is 28.1 Å². The van der Waals surface area contributed by atoms with Crippen molar-refractivity contribution in [3.63, 3.8) is 0 Å². The molecule has 0 radical (unpaired) electrons. The van der Waals surface area contributed by atoms with E-state index in [-0.39, 0.29) is 18.1 Å². The van der Waals surface area contributed by atoms with Crippen LogP contribution in [-0.2, 0) is 11.2 Å². The van der Waals surface area contributed by atoms with Crippen LogP contribution in [0.15, 0.2) is 24.5 Å². The average molecular weight is 234 g/mol. The molecular weight excluding hydrogens is 216 g/mol. The molecule has 1 saturated carbocycles. The van der Waals surface area contributed by atoms with Crippen molar-refractivity contribution >= 4 is 5.91 Å². The number of nitrogens with one attached hydrogen (secondary N) is 1. The maximum absolute atomic E-state index is 11.8. The van der Waals surface area contributed by atoms with Crippen LogP contribution in [0, 0.1) is 0 Å². The van der Waals surface area contributed by atoms with Crippen LogP contribution < -0.4 is 5.32 Å². The molecule has 2 N–H and O–H groups in total. The van der Waals surface area contributed by atoms with Gasteiger partial charge in [-0.05, 0) is 30.5 Å². The van der Waals surface area contributed by atoms with E-state index in [0.29, 0.717) is 6.42 Å². The number of hydrogen-bond donors (Lipinski definition) is 2. The van der Waals surface area contributed by atoms with E-state index in [4.69, 9.17) is 0 Å². The summed E-state index contributed by atoms with van der Waals surface area (Å²) in [6, 6.07) is 3.59. The highest BCUT2D eigenvalue weighted by Crippen LogP contribution is 2.18. The predicted molar refractivity (Wildman–Crippen MR) is 64.3 cm³/mol. The molecule has 2 rings (SSSR count). The van der Waals surface area contributed by atoms with Crippen molar-refractivity contribution in [3.8, 4) is 0 Å². The first-order valence-electron chi connectivity index (χ1n) is 6.12. The summed E-state index contributed by atoms with van der Waals surface area (Å²) in [7, 11) is 0. The molecule has 1 aliphatic carbocycles.